The molecule has 0 radical (unpaired) electrons. The quantitative estimate of drug-likeness (QED) is 0.328. The molecule has 3 aliphatic heterocycles. The van der Waals surface area contributed by atoms with E-state index < -0.39 is 21.9 Å². The van der Waals surface area contributed by atoms with Gasteiger partial charge >= 0.3 is 0 Å². The van der Waals surface area contributed by atoms with Crippen LogP contribution < -0.4 is 27.0 Å². The molecule has 4 heterocycles. The van der Waals surface area contributed by atoms with Crippen LogP contribution in [0, 0.1) is 23.7 Å². The van der Waals surface area contributed by atoms with Gasteiger partial charge in [0.1, 0.15) is 11.0 Å². The Balaban J connectivity index is 1.06. The van der Waals surface area contributed by atoms with Crippen molar-refractivity contribution in [3.8, 4) is 0 Å². The molecule has 2 amide bonds. The summed E-state index contributed by atoms with van der Waals surface area (Å²) >= 11 is 6.28. The van der Waals surface area contributed by atoms with Gasteiger partial charge in [-0.1, -0.05) is 11.6 Å². The molecule has 1 aliphatic carbocycles. The number of amides is 2. The molecule has 3 saturated heterocycles. The Kier molecular flexibility index (Phi) is 10.5. The minimum absolute atomic E-state index is 0.00681. The predicted octanol–water partition coefficient (Wildman–Crippen LogP) is 2.20. The van der Waals surface area contributed by atoms with Crippen LogP contribution in [0.25, 0.3) is 0 Å². The first-order valence-electron chi connectivity index (χ1n) is 17.0. The molecule has 16 heteroatoms. The Bertz CT molecular complexity index is 1620. The second-order valence-corrected chi connectivity index (χ2v) is 16.1. The highest BCUT2D eigenvalue weighted by Crippen LogP contribution is 2.46. The smallest absolute Gasteiger partial charge is 0.276 e. The molecule has 4 aliphatic rings. The highest BCUT2D eigenvalue weighted by Gasteiger charge is 2.46. The molecule has 4 fully saturated rings. The van der Waals surface area contributed by atoms with Crippen LogP contribution in [0.2, 0.25) is 5.15 Å². The lowest BCUT2D eigenvalue weighted by molar-refractivity contribution is -0.138. The maximum absolute atomic E-state index is 16.0. The third kappa shape index (κ3) is 7.29. The molecule has 0 unspecified atom stereocenters. The summed E-state index contributed by atoms with van der Waals surface area (Å²) in [5.74, 6) is -3.94. The Morgan fingerprint density at radius 2 is 1.55 bits per heavy atom. The maximum atomic E-state index is 16.0. The molecule has 1 saturated carbocycles. The zero-order chi connectivity index (χ0) is 35.1. The van der Waals surface area contributed by atoms with Crippen molar-refractivity contribution in [2.75, 3.05) is 68.7 Å². The number of likely N-dealkylation sites (tertiary alicyclic amines) is 1. The van der Waals surface area contributed by atoms with E-state index in [1.165, 1.54) is 28.6 Å². The number of anilines is 2. The number of aromatic nitrogens is 1. The molecule has 2 aromatic rings. The van der Waals surface area contributed by atoms with E-state index in [9.17, 15) is 18.0 Å². The van der Waals surface area contributed by atoms with Crippen LogP contribution in [0.3, 0.4) is 0 Å². The summed E-state index contributed by atoms with van der Waals surface area (Å²) in [4.78, 5) is 34.9. The third-order valence-corrected chi connectivity index (χ3v) is 12.9. The van der Waals surface area contributed by atoms with Crippen molar-refractivity contribution in [3.63, 3.8) is 0 Å². The van der Waals surface area contributed by atoms with Gasteiger partial charge in [-0.15, -0.1) is 0 Å². The van der Waals surface area contributed by atoms with Gasteiger partial charge in [-0.25, -0.2) is 22.2 Å². The van der Waals surface area contributed by atoms with E-state index >= 15 is 8.78 Å². The highest BCUT2D eigenvalue weighted by atomic mass is 35.5. The van der Waals surface area contributed by atoms with E-state index in [1.807, 2.05) is 4.90 Å². The zero-order valence-electron chi connectivity index (χ0n) is 27.4. The lowest BCUT2D eigenvalue weighted by Gasteiger charge is -2.36. The van der Waals surface area contributed by atoms with Gasteiger partial charge in [-0.3, -0.25) is 9.59 Å². The Morgan fingerprint density at radius 1 is 0.939 bits per heavy atom. The first-order chi connectivity index (χ1) is 23.3. The van der Waals surface area contributed by atoms with Gasteiger partial charge in [-0.05, 0) is 87.0 Å². The summed E-state index contributed by atoms with van der Waals surface area (Å²) in [6.07, 6.45) is 1.41. The van der Waals surface area contributed by atoms with E-state index in [1.54, 1.807) is 21.9 Å². The van der Waals surface area contributed by atoms with Gasteiger partial charge in [-0.2, -0.15) is 4.31 Å². The zero-order valence-corrected chi connectivity index (χ0v) is 29.0. The summed E-state index contributed by atoms with van der Waals surface area (Å²) in [6.45, 7) is 3.15. The number of halogens is 3. The van der Waals surface area contributed by atoms with Crippen LogP contribution in [0.15, 0.2) is 41.3 Å². The van der Waals surface area contributed by atoms with Crippen molar-refractivity contribution in [1.29, 1.82) is 0 Å². The number of rotatable bonds is 9. The summed E-state index contributed by atoms with van der Waals surface area (Å²) in [5, 5.41) is -0.0680. The molecule has 6 N–H and O–H groups in total. The number of pyridine rings is 1. The molecule has 0 spiro atoms. The number of benzene rings is 1. The number of hydrogen-bond acceptors (Lipinski definition) is 9. The first-order valence-corrected chi connectivity index (χ1v) is 18.8. The standard InChI is InChI=1S/C33H45ClF2N8O4S/c34-29-13-25(33(35,36)24-3-1-21(2-4-24)32(46)42-18-22(16-37)23(17-38)19-42)14-30(40-29)41-9-11-43(12-10-41)49(47,48)28-7-5-27(6-8-28)44-20-26(39)15-31(44)45/h5-8,13-14,21-24,26H,1-4,9-12,15-20,37-39H2/t21-,22-,23+,24-,26-/m1/s1. The fraction of sp³-hybridized carbons (Fsp3) is 0.606. The number of alkyl halides is 2. The summed E-state index contributed by atoms with van der Waals surface area (Å²) in [7, 11) is -3.84. The van der Waals surface area contributed by atoms with Crippen molar-refractivity contribution in [3.05, 3.63) is 47.1 Å². The average molecular weight is 723 g/mol. The van der Waals surface area contributed by atoms with Crippen LogP contribution in [0.1, 0.15) is 37.7 Å². The molecule has 1 aromatic heterocycles. The summed E-state index contributed by atoms with van der Waals surface area (Å²) in [5.41, 5.74) is 18.0. The lowest BCUT2D eigenvalue weighted by atomic mass is 9.77. The Hall–Kier alpha value is -2.95. The predicted molar refractivity (Wildman–Crippen MR) is 183 cm³/mol. The number of carbonyl (C=O) groups excluding carboxylic acids is 2. The molecular weight excluding hydrogens is 678 g/mol. The number of nitrogens with two attached hydrogens (primary N) is 3. The minimum Gasteiger partial charge on any atom is -0.354 e. The summed E-state index contributed by atoms with van der Waals surface area (Å²) < 4.78 is 60.3. The van der Waals surface area contributed by atoms with Crippen molar-refractivity contribution >= 4 is 44.9 Å². The third-order valence-electron chi connectivity index (χ3n) is 10.8. The molecule has 0 bridgehead atoms. The second-order valence-electron chi connectivity index (χ2n) is 13.8. The number of hydrogen-bond donors (Lipinski definition) is 3. The highest BCUT2D eigenvalue weighted by molar-refractivity contribution is 7.89. The maximum Gasteiger partial charge on any atom is 0.276 e. The first kappa shape index (κ1) is 35.9. The van der Waals surface area contributed by atoms with Crippen LogP contribution in [0.4, 0.5) is 20.3 Å². The normalized spacial score (nSPS) is 27.3. The second kappa shape index (κ2) is 14.3. The number of nitrogens with zero attached hydrogens (tertiary/aromatic N) is 5. The van der Waals surface area contributed by atoms with E-state index in [0.717, 1.165) is 0 Å². The number of piperazine rings is 1. The molecular formula is C33H45ClF2N8O4S. The van der Waals surface area contributed by atoms with E-state index in [0.29, 0.717) is 51.3 Å². The monoisotopic (exact) mass is 722 g/mol. The SMILES string of the molecule is NC[C@@H]1CN(C(=O)[C@H]2CC[C@H](C(F)(F)c3cc(Cl)nc(N4CCN(S(=O)(=O)c5ccc(N6C[C@H](N)CC6=O)cc5)CC4)c3)CC2)C[C@@H]1CN. The van der Waals surface area contributed by atoms with Gasteiger partial charge in [0.15, 0.2) is 0 Å². The van der Waals surface area contributed by atoms with Gasteiger partial charge in [0.05, 0.1) is 4.90 Å². The van der Waals surface area contributed by atoms with Crippen LogP contribution >= 0.6 is 11.6 Å². The van der Waals surface area contributed by atoms with Crippen LogP contribution in [0.5, 0.6) is 0 Å². The van der Waals surface area contributed by atoms with Crippen molar-refractivity contribution in [2.24, 2.45) is 40.9 Å². The number of sulfonamides is 1. The molecule has 12 nitrogen and oxygen atoms in total. The van der Waals surface area contributed by atoms with Gasteiger partial charge in [0.2, 0.25) is 21.8 Å². The van der Waals surface area contributed by atoms with E-state index in [4.69, 9.17) is 28.8 Å². The molecule has 3 atom stereocenters. The molecule has 268 valence electrons. The Morgan fingerprint density at radius 3 is 2.10 bits per heavy atom. The molecule has 49 heavy (non-hydrogen) atoms. The fourth-order valence-electron chi connectivity index (χ4n) is 7.78. The minimum atomic E-state index is -3.84. The average Bonchev–Trinajstić information content (AvgIpc) is 3.69. The number of carbonyl (C=O) groups is 2. The van der Waals surface area contributed by atoms with E-state index in [-0.39, 0.29) is 102 Å². The van der Waals surface area contributed by atoms with Crippen molar-refractivity contribution in [1.82, 2.24) is 14.2 Å². The Labute approximate surface area is 290 Å². The fourth-order valence-corrected chi connectivity index (χ4v) is 9.40. The van der Waals surface area contributed by atoms with Gasteiger partial charge < -0.3 is 31.9 Å². The van der Waals surface area contributed by atoms with Crippen LogP contribution in [-0.4, -0.2) is 99.4 Å². The van der Waals surface area contributed by atoms with Gasteiger partial charge in [0, 0.05) is 81.4 Å². The van der Waals surface area contributed by atoms with Crippen LogP contribution in [-0.2, 0) is 25.5 Å². The van der Waals surface area contributed by atoms with Gasteiger partial charge in [0.25, 0.3) is 5.92 Å². The summed E-state index contributed by atoms with van der Waals surface area (Å²) in [6, 6.07) is 8.45. The largest absolute Gasteiger partial charge is 0.354 e. The van der Waals surface area contributed by atoms with E-state index in [2.05, 4.69) is 4.98 Å². The van der Waals surface area contributed by atoms with Crippen molar-refractivity contribution < 1.29 is 26.8 Å². The topological polar surface area (TPSA) is 172 Å². The lowest BCUT2D eigenvalue weighted by Crippen LogP contribution is -2.49. The van der Waals surface area contributed by atoms with Crippen molar-refractivity contribution in [2.45, 2.75) is 49.0 Å². The molecule has 1 aromatic carbocycles. The molecule has 6 rings (SSSR count).